The minimum absolute atomic E-state index is 0.202. The molecule has 3 rings (SSSR count). The summed E-state index contributed by atoms with van der Waals surface area (Å²) in [5.74, 6) is 1.05. The number of esters is 1. The lowest BCUT2D eigenvalue weighted by Gasteiger charge is -2.18. The number of hydrogen-bond donors (Lipinski definition) is 0. The number of amides is 1. The number of carbonyl (C=O) groups excluding carboxylic acids is 2. The van der Waals surface area contributed by atoms with E-state index in [0.29, 0.717) is 28.5 Å². The Morgan fingerprint density at radius 3 is 2.09 bits per heavy atom. The van der Waals surface area contributed by atoms with Gasteiger partial charge in [-0.25, -0.2) is 4.79 Å². The summed E-state index contributed by atoms with van der Waals surface area (Å²) in [5, 5.41) is 0. The van der Waals surface area contributed by atoms with E-state index in [0.717, 1.165) is 11.3 Å². The summed E-state index contributed by atoms with van der Waals surface area (Å²) >= 11 is 0. The van der Waals surface area contributed by atoms with E-state index in [1.807, 2.05) is 24.3 Å². The third-order valence-electron chi connectivity index (χ3n) is 5.44. The molecule has 2 aromatic rings. The number of carbonyl (C=O) groups is 2. The molecule has 0 aliphatic carbocycles. The maximum Gasteiger partial charge on any atom is 0.340 e. The molecule has 0 atom stereocenters. The van der Waals surface area contributed by atoms with E-state index in [4.69, 9.17) is 23.7 Å². The van der Waals surface area contributed by atoms with E-state index in [1.54, 1.807) is 37.1 Å². The summed E-state index contributed by atoms with van der Waals surface area (Å²) in [6, 6.07) is 10.8. The van der Waals surface area contributed by atoms with Crippen LogP contribution in [0.1, 0.15) is 18.1 Å². The summed E-state index contributed by atoms with van der Waals surface area (Å²) in [6.07, 6.45) is 1.60. The van der Waals surface area contributed by atoms with E-state index in [9.17, 15) is 9.59 Å². The van der Waals surface area contributed by atoms with Crippen molar-refractivity contribution in [3.8, 4) is 23.0 Å². The highest BCUT2D eigenvalue weighted by molar-refractivity contribution is 6.16. The maximum atomic E-state index is 13.4. The van der Waals surface area contributed by atoms with Gasteiger partial charge in [0, 0.05) is 11.3 Å². The minimum Gasteiger partial charge on any atom is -0.497 e. The van der Waals surface area contributed by atoms with Crippen molar-refractivity contribution in [3.63, 3.8) is 0 Å². The summed E-state index contributed by atoms with van der Waals surface area (Å²) in [7, 11) is 7.39. The Balaban J connectivity index is 2.08. The SMILES string of the molecule is COC(=O)C1=C(C)N(Cc2ccc(OC)cc2)C(=O)/C1=C\c1ccc(OC)c(OC)c1OC. The lowest BCUT2D eigenvalue weighted by Crippen LogP contribution is -2.24. The van der Waals surface area contributed by atoms with Crippen LogP contribution in [0.25, 0.3) is 6.08 Å². The van der Waals surface area contributed by atoms with Gasteiger partial charge in [0.25, 0.3) is 5.91 Å². The zero-order valence-electron chi connectivity index (χ0n) is 19.6. The highest BCUT2D eigenvalue weighted by atomic mass is 16.5. The standard InChI is InChI=1S/C25H27NO7/c1-15-21(25(28)33-6)19(13-17-9-12-20(30-3)23(32-5)22(17)31-4)24(27)26(15)14-16-7-10-18(29-2)11-8-16/h7-13H,14H2,1-6H3/b19-13-. The Hall–Kier alpha value is -3.94. The Labute approximate surface area is 192 Å². The smallest absolute Gasteiger partial charge is 0.340 e. The van der Waals surface area contributed by atoms with Crippen molar-refractivity contribution >= 4 is 18.0 Å². The molecule has 174 valence electrons. The van der Waals surface area contributed by atoms with Crippen LogP contribution in [0, 0.1) is 0 Å². The van der Waals surface area contributed by atoms with Gasteiger partial charge in [-0.2, -0.15) is 0 Å². The van der Waals surface area contributed by atoms with Crippen LogP contribution in [0.5, 0.6) is 23.0 Å². The van der Waals surface area contributed by atoms with E-state index >= 15 is 0 Å². The van der Waals surface area contributed by atoms with Crippen LogP contribution >= 0.6 is 0 Å². The van der Waals surface area contributed by atoms with Gasteiger partial charge in [0.2, 0.25) is 5.75 Å². The summed E-state index contributed by atoms with van der Waals surface area (Å²) in [6.45, 7) is 2.01. The van der Waals surface area contributed by atoms with Gasteiger partial charge in [-0.15, -0.1) is 0 Å². The van der Waals surface area contributed by atoms with Gasteiger partial charge in [0.15, 0.2) is 11.5 Å². The van der Waals surface area contributed by atoms with Crippen LogP contribution in [0.15, 0.2) is 53.2 Å². The molecule has 0 aromatic heterocycles. The molecule has 1 amide bonds. The van der Waals surface area contributed by atoms with Crippen molar-refractivity contribution < 1.29 is 33.3 Å². The second-order valence-corrected chi connectivity index (χ2v) is 7.17. The number of nitrogens with zero attached hydrogens (tertiary/aromatic N) is 1. The van der Waals surface area contributed by atoms with Crippen LogP contribution in [0.4, 0.5) is 0 Å². The van der Waals surface area contributed by atoms with Crippen LogP contribution in [0.2, 0.25) is 0 Å². The zero-order valence-corrected chi connectivity index (χ0v) is 19.6. The molecule has 0 bridgehead atoms. The average Bonchev–Trinajstić information content (AvgIpc) is 3.07. The number of allylic oxidation sites excluding steroid dienone is 1. The fourth-order valence-corrected chi connectivity index (χ4v) is 3.73. The predicted octanol–water partition coefficient (Wildman–Crippen LogP) is 3.59. The van der Waals surface area contributed by atoms with Crippen LogP contribution < -0.4 is 18.9 Å². The molecule has 0 spiro atoms. The molecule has 0 radical (unpaired) electrons. The van der Waals surface area contributed by atoms with Gasteiger partial charge in [-0.05, 0) is 42.8 Å². The molecule has 0 fully saturated rings. The molecule has 0 saturated carbocycles. The molecule has 1 heterocycles. The fourth-order valence-electron chi connectivity index (χ4n) is 3.73. The van der Waals surface area contributed by atoms with Crippen molar-refractivity contribution in [2.75, 3.05) is 35.5 Å². The van der Waals surface area contributed by atoms with E-state index in [1.165, 1.54) is 28.4 Å². The quantitative estimate of drug-likeness (QED) is 0.446. The first-order chi connectivity index (χ1) is 15.9. The third kappa shape index (κ3) is 4.50. The highest BCUT2D eigenvalue weighted by Gasteiger charge is 2.37. The zero-order chi connectivity index (χ0) is 24.1. The van der Waals surface area contributed by atoms with Gasteiger partial charge in [-0.3, -0.25) is 4.79 Å². The van der Waals surface area contributed by atoms with Gasteiger partial charge in [-0.1, -0.05) is 12.1 Å². The van der Waals surface area contributed by atoms with Gasteiger partial charge < -0.3 is 28.6 Å². The molecule has 33 heavy (non-hydrogen) atoms. The molecule has 2 aromatic carbocycles. The van der Waals surface area contributed by atoms with Crippen molar-refractivity contribution in [1.82, 2.24) is 4.90 Å². The van der Waals surface area contributed by atoms with E-state index < -0.39 is 5.97 Å². The number of hydrogen-bond acceptors (Lipinski definition) is 7. The lowest BCUT2D eigenvalue weighted by molar-refractivity contribution is -0.136. The third-order valence-corrected chi connectivity index (χ3v) is 5.44. The molecular weight excluding hydrogens is 426 g/mol. The Morgan fingerprint density at radius 2 is 1.55 bits per heavy atom. The highest BCUT2D eigenvalue weighted by Crippen LogP contribution is 2.42. The Kier molecular flexibility index (Phi) is 7.27. The molecule has 0 N–H and O–H groups in total. The molecule has 8 heteroatoms. The van der Waals surface area contributed by atoms with Crippen molar-refractivity contribution in [3.05, 3.63) is 64.4 Å². The minimum atomic E-state index is -0.594. The molecule has 1 aliphatic rings. The molecule has 0 saturated heterocycles. The van der Waals surface area contributed by atoms with Crippen LogP contribution in [-0.2, 0) is 20.9 Å². The number of methoxy groups -OCH3 is 5. The largest absolute Gasteiger partial charge is 0.497 e. The van der Waals surface area contributed by atoms with Crippen LogP contribution in [-0.4, -0.2) is 52.3 Å². The topological polar surface area (TPSA) is 83.5 Å². The molecule has 0 unspecified atom stereocenters. The number of rotatable bonds is 8. The predicted molar refractivity (Wildman–Crippen MR) is 122 cm³/mol. The Morgan fingerprint density at radius 1 is 0.879 bits per heavy atom. The first kappa shape index (κ1) is 23.7. The summed E-state index contributed by atoms with van der Waals surface area (Å²) in [5.41, 5.74) is 2.36. The number of benzene rings is 2. The average molecular weight is 453 g/mol. The van der Waals surface area contributed by atoms with Crippen molar-refractivity contribution in [1.29, 1.82) is 0 Å². The van der Waals surface area contributed by atoms with Gasteiger partial charge in [0.05, 0.1) is 53.2 Å². The fraction of sp³-hybridized carbons (Fsp3) is 0.280. The van der Waals surface area contributed by atoms with Crippen molar-refractivity contribution in [2.24, 2.45) is 0 Å². The van der Waals surface area contributed by atoms with Gasteiger partial charge >= 0.3 is 5.97 Å². The molecule has 1 aliphatic heterocycles. The monoisotopic (exact) mass is 453 g/mol. The summed E-state index contributed by atoms with van der Waals surface area (Å²) < 4.78 is 26.5. The second kappa shape index (κ2) is 10.1. The van der Waals surface area contributed by atoms with E-state index in [2.05, 4.69) is 0 Å². The Bertz CT molecular complexity index is 1120. The summed E-state index contributed by atoms with van der Waals surface area (Å²) in [4.78, 5) is 27.6. The normalized spacial score (nSPS) is 14.5. The lowest BCUT2D eigenvalue weighted by atomic mass is 10.0. The molecular formula is C25H27NO7. The molecule has 8 nitrogen and oxygen atoms in total. The van der Waals surface area contributed by atoms with E-state index in [-0.39, 0.29) is 23.6 Å². The van der Waals surface area contributed by atoms with Crippen molar-refractivity contribution in [2.45, 2.75) is 13.5 Å². The van der Waals surface area contributed by atoms with Gasteiger partial charge in [0.1, 0.15) is 5.75 Å². The van der Waals surface area contributed by atoms with Crippen LogP contribution in [0.3, 0.4) is 0 Å². The first-order valence-electron chi connectivity index (χ1n) is 10.1. The first-order valence-corrected chi connectivity index (χ1v) is 10.1. The number of ether oxygens (including phenoxy) is 5. The second-order valence-electron chi connectivity index (χ2n) is 7.17. The maximum absolute atomic E-state index is 13.4.